The number of carbonyl (C=O) groups is 1. The van der Waals surface area contributed by atoms with Gasteiger partial charge in [-0.1, -0.05) is 29.6 Å². The molecule has 1 aromatic carbocycles. The fourth-order valence-electron chi connectivity index (χ4n) is 3.32. The first-order chi connectivity index (χ1) is 14.6. The van der Waals surface area contributed by atoms with Crippen molar-refractivity contribution < 1.29 is 18.1 Å². The van der Waals surface area contributed by atoms with Crippen LogP contribution in [0.25, 0.3) is 0 Å². The highest BCUT2D eigenvalue weighted by Gasteiger charge is 2.29. The minimum Gasteiger partial charge on any atom is -0.358 e. The van der Waals surface area contributed by atoms with Crippen LogP contribution in [0.4, 0.5) is 5.82 Å². The molecule has 2 heterocycles. The average Bonchev–Trinajstić information content (AvgIpc) is 3.09. The van der Waals surface area contributed by atoms with Gasteiger partial charge in [-0.05, 0) is 36.8 Å². The topological polar surface area (TPSA) is 127 Å². The van der Waals surface area contributed by atoms with Crippen molar-refractivity contribution in [2.45, 2.75) is 37.6 Å². The molecular weight excluding hydrogens is 469 g/mol. The number of piperidine rings is 1. The maximum absolute atomic E-state index is 13.0. The van der Waals surface area contributed by atoms with Gasteiger partial charge in [-0.3, -0.25) is 4.79 Å². The second-order valence-corrected chi connectivity index (χ2v) is 9.83. The van der Waals surface area contributed by atoms with Crippen molar-refractivity contribution in [2.75, 3.05) is 19.6 Å². The van der Waals surface area contributed by atoms with E-state index in [1.807, 2.05) is 0 Å². The van der Waals surface area contributed by atoms with E-state index in [1.54, 1.807) is 6.92 Å². The Kier molecular flexibility index (Phi) is 7.20. The summed E-state index contributed by atoms with van der Waals surface area (Å²) in [6.07, 6.45) is 2.50. The van der Waals surface area contributed by atoms with Gasteiger partial charge >= 0.3 is 5.82 Å². The summed E-state index contributed by atoms with van der Waals surface area (Å²) < 4.78 is 28.7. The Labute approximate surface area is 189 Å². The first-order valence-electron chi connectivity index (χ1n) is 9.57. The summed E-state index contributed by atoms with van der Waals surface area (Å²) >= 11 is 12.3. The smallest absolute Gasteiger partial charge is 0.358 e. The molecule has 2 aromatic rings. The summed E-state index contributed by atoms with van der Waals surface area (Å²) in [5, 5.41) is 17.2. The number of hydrogen-bond acceptors (Lipinski definition) is 6. The molecule has 0 atom stereocenters. The summed E-state index contributed by atoms with van der Waals surface area (Å²) in [5.41, 5.74) is 0.546. The summed E-state index contributed by atoms with van der Waals surface area (Å²) in [6, 6.07) is 3.76. The molecule has 1 aromatic heterocycles. The zero-order valence-corrected chi connectivity index (χ0v) is 19.0. The second-order valence-electron chi connectivity index (χ2n) is 7.11. The zero-order valence-electron chi connectivity index (χ0n) is 16.7. The van der Waals surface area contributed by atoms with Crippen molar-refractivity contribution in [1.29, 1.82) is 0 Å². The zero-order chi connectivity index (χ0) is 22.8. The fraction of sp³-hybridized carbons (Fsp3) is 0.444. The number of hydrogen-bond donors (Lipinski definition) is 1. The van der Waals surface area contributed by atoms with Crippen molar-refractivity contribution in [3.8, 4) is 0 Å². The van der Waals surface area contributed by atoms with Crippen molar-refractivity contribution in [1.82, 2.24) is 19.4 Å². The Balaban J connectivity index is 1.75. The monoisotopic (exact) mass is 489 g/mol. The molecule has 1 aliphatic heterocycles. The number of nitrogens with one attached hydrogen (secondary N) is 1. The number of aryl methyl sites for hydroxylation is 1. The highest BCUT2D eigenvalue weighted by molar-refractivity contribution is 7.89. The van der Waals surface area contributed by atoms with E-state index in [1.165, 1.54) is 27.2 Å². The van der Waals surface area contributed by atoms with Gasteiger partial charge in [0, 0.05) is 19.6 Å². The largest absolute Gasteiger partial charge is 0.390 e. The molecule has 0 bridgehead atoms. The number of aromatic nitrogens is 2. The van der Waals surface area contributed by atoms with Gasteiger partial charge in [0.15, 0.2) is 0 Å². The Morgan fingerprint density at radius 1 is 1.19 bits per heavy atom. The lowest BCUT2D eigenvalue weighted by Gasteiger charge is -2.26. The van der Waals surface area contributed by atoms with E-state index < -0.39 is 20.9 Å². The van der Waals surface area contributed by atoms with Crippen LogP contribution in [0.5, 0.6) is 0 Å². The van der Waals surface area contributed by atoms with Gasteiger partial charge in [0.05, 0.1) is 39.0 Å². The lowest BCUT2D eigenvalue weighted by molar-refractivity contribution is -0.389. The number of rotatable bonds is 7. The Hall–Kier alpha value is -2.21. The van der Waals surface area contributed by atoms with E-state index in [-0.39, 0.29) is 39.4 Å². The molecule has 1 aliphatic rings. The average molecular weight is 490 g/mol. The first-order valence-corrected chi connectivity index (χ1v) is 11.8. The molecule has 1 N–H and O–H groups in total. The third-order valence-corrected chi connectivity index (χ3v) is 7.64. The van der Waals surface area contributed by atoms with E-state index in [4.69, 9.17) is 23.2 Å². The molecule has 1 amide bonds. The highest BCUT2D eigenvalue weighted by Crippen LogP contribution is 2.31. The molecule has 0 spiro atoms. The molecule has 0 radical (unpaired) electrons. The van der Waals surface area contributed by atoms with Crippen molar-refractivity contribution in [3.05, 3.63) is 49.6 Å². The predicted octanol–water partition coefficient (Wildman–Crippen LogP) is 3.01. The van der Waals surface area contributed by atoms with E-state index >= 15 is 0 Å². The van der Waals surface area contributed by atoms with Crippen LogP contribution in [-0.2, 0) is 16.6 Å². The third kappa shape index (κ3) is 5.17. The second kappa shape index (κ2) is 9.51. The van der Waals surface area contributed by atoms with E-state index in [9.17, 15) is 23.3 Å². The first kappa shape index (κ1) is 23.5. The number of carbonyl (C=O) groups excluding carboxylic acids is 1. The number of sulfonamides is 1. The lowest BCUT2D eigenvalue weighted by atomic mass is 10.2. The summed E-state index contributed by atoms with van der Waals surface area (Å²) in [4.78, 5) is 22.7. The molecule has 3 rings (SSSR count). The van der Waals surface area contributed by atoms with Gasteiger partial charge in [-0.25, -0.2) is 8.42 Å². The molecule has 10 nitrogen and oxygen atoms in total. The van der Waals surface area contributed by atoms with Crippen LogP contribution >= 0.6 is 23.2 Å². The van der Waals surface area contributed by atoms with Crippen molar-refractivity contribution in [2.24, 2.45) is 0 Å². The summed E-state index contributed by atoms with van der Waals surface area (Å²) in [7, 11) is -3.86. The van der Waals surface area contributed by atoms with Crippen LogP contribution in [0, 0.1) is 17.0 Å². The van der Waals surface area contributed by atoms with Gasteiger partial charge < -0.3 is 15.4 Å². The predicted molar refractivity (Wildman–Crippen MR) is 115 cm³/mol. The number of nitro groups is 1. The lowest BCUT2D eigenvalue weighted by Crippen LogP contribution is -2.36. The van der Waals surface area contributed by atoms with Crippen LogP contribution in [0.2, 0.25) is 10.0 Å². The molecule has 31 heavy (non-hydrogen) atoms. The van der Waals surface area contributed by atoms with Gasteiger partial charge in [-0.15, -0.1) is 0 Å². The molecule has 1 saturated heterocycles. The van der Waals surface area contributed by atoms with E-state index in [0.29, 0.717) is 18.8 Å². The molecule has 0 unspecified atom stereocenters. The number of nitrogens with zero attached hydrogens (tertiary/aromatic N) is 4. The molecule has 0 saturated carbocycles. The third-order valence-electron chi connectivity index (χ3n) is 4.96. The molecule has 0 aliphatic carbocycles. The fourth-order valence-corrected chi connectivity index (χ4v) is 5.67. The summed E-state index contributed by atoms with van der Waals surface area (Å²) in [5.74, 6) is -0.867. The van der Waals surface area contributed by atoms with Crippen LogP contribution in [0.15, 0.2) is 23.1 Å². The van der Waals surface area contributed by atoms with Gasteiger partial charge in [0.1, 0.15) is 4.90 Å². The number of benzene rings is 1. The van der Waals surface area contributed by atoms with Crippen LogP contribution in [0.3, 0.4) is 0 Å². The SMILES string of the molecule is Cc1cc([N+](=O)[O-])nn1CCNC(=O)c1cc(S(=O)(=O)N2CCCCC2)c(Cl)cc1Cl. The maximum atomic E-state index is 13.0. The summed E-state index contributed by atoms with van der Waals surface area (Å²) in [6.45, 7) is 2.76. The van der Waals surface area contributed by atoms with Crippen LogP contribution in [-0.4, -0.2) is 53.0 Å². The van der Waals surface area contributed by atoms with Crippen molar-refractivity contribution >= 4 is 45.0 Å². The Morgan fingerprint density at radius 2 is 1.87 bits per heavy atom. The van der Waals surface area contributed by atoms with Gasteiger partial charge in [0.2, 0.25) is 10.0 Å². The number of halogens is 2. The quantitative estimate of drug-likeness (QED) is 0.470. The Bertz CT molecular complexity index is 1110. The maximum Gasteiger partial charge on any atom is 0.390 e. The van der Waals surface area contributed by atoms with Gasteiger partial charge in [-0.2, -0.15) is 8.99 Å². The number of amides is 1. The van der Waals surface area contributed by atoms with Gasteiger partial charge in [0.25, 0.3) is 5.91 Å². The molecule has 1 fully saturated rings. The van der Waals surface area contributed by atoms with Crippen LogP contribution in [0.1, 0.15) is 35.3 Å². The van der Waals surface area contributed by atoms with Crippen LogP contribution < -0.4 is 5.32 Å². The van der Waals surface area contributed by atoms with E-state index in [2.05, 4.69) is 10.4 Å². The molecular formula is C18H21Cl2N5O5S. The highest BCUT2D eigenvalue weighted by atomic mass is 35.5. The van der Waals surface area contributed by atoms with E-state index in [0.717, 1.165) is 19.3 Å². The minimum atomic E-state index is -3.86. The minimum absolute atomic E-state index is 0.0194. The standard InChI is InChI=1S/C18H21Cl2N5O5S/c1-12-9-17(25(27)28)22-24(12)8-5-21-18(26)13-10-16(15(20)11-14(13)19)31(29,30)23-6-3-2-4-7-23/h9-11H,2-8H2,1H3,(H,21,26). The molecule has 13 heteroatoms. The normalized spacial score (nSPS) is 15.1. The Morgan fingerprint density at radius 3 is 2.48 bits per heavy atom. The van der Waals surface area contributed by atoms with Crippen molar-refractivity contribution in [3.63, 3.8) is 0 Å². The molecule has 168 valence electrons.